The van der Waals surface area contributed by atoms with Crippen LogP contribution in [0.3, 0.4) is 0 Å². The van der Waals surface area contributed by atoms with Crippen LogP contribution in [-0.2, 0) is 13.1 Å². The average Bonchev–Trinajstić information content (AvgIpc) is 2.81. The number of aryl methyl sites for hydroxylation is 1. The number of halogens is 1. The van der Waals surface area contributed by atoms with E-state index in [0.717, 1.165) is 11.3 Å². The Kier molecular flexibility index (Phi) is 4.63. The number of hydrogen-bond acceptors (Lipinski definition) is 3. The molecule has 2 amide bonds. The van der Waals surface area contributed by atoms with E-state index in [0.29, 0.717) is 23.8 Å². The Morgan fingerprint density at radius 1 is 1.45 bits per heavy atom. The molecule has 0 aliphatic carbocycles. The van der Waals surface area contributed by atoms with Gasteiger partial charge < -0.3 is 14.7 Å². The molecule has 1 heterocycles. The zero-order valence-electron chi connectivity index (χ0n) is 11.4. The minimum Gasteiger partial charge on any atom is -0.361 e. The Morgan fingerprint density at radius 3 is 2.90 bits per heavy atom. The van der Waals surface area contributed by atoms with Gasteiger partial charge in [0.25, 0.3) is 0 Å². The van der Waals surface area contributed by atoms with Crippen molar-refractivity contribution in [3.8, 4) is 0 Å². The van der Waals surface area contributed by atoms with E-state index in [-0.39, 0.29) is 6.03 Å². The summed E-state index contributed by atoms with van der Waals surface area (Å²) in [4.78, 5) is 13.5. The van der Waals surface area contributed by atoms with Crippen molar-refractivity contribution in [2.75, 3.05) is 7.05 Å². The molecule has 0 unspecified atom stereocenters. The second kappa shape index (κ2) is 6.43. The van der Waals surface area contributed by atoms with Crippen molar-refractivity contribution >= 4 is 17.6 Å². The number of amides is 2. The first kappa shape index (κ1) is 14.4. The van der Waals surface area contributed by atoms with Gasteiger partial charge in [-0.15, -0.1) is 0 Å². The summed E-state index contributed by atoms with van der Waals surface area (Å²) in [6.07, 6.45) is 0. The standard InChI is InChI=1S/C14H16ClN3O2/c1-10-6-13(17-20-10)8-16-14(19)18(2)9-11-4-3-5-12(15)7-11/h3-7H,8-9H2,1-2H3,(H,16,19). The van der Waals surface area contributed by atoms with Gasteiger partial charge in [0.15, 0.2) is 0 Å². The summed E-state index contributed by atoms with van der Waals surface area (Å²) in [5, 5.41) is 7.26. The molecule has 1 N–H and O–H groups in total. The third kappa shape index (κ3) is 3.99. The Bertz CT molecular complexity index is 598. The van der Waals surface area contributed by atoms with E-state index in [1.165, 1.54) is 0 Å². The number of benzene rings is 1. The summed E-state index contributed by atoms with van der Waals surface area (Å²) in [5.41, 5.74) is 1.68. The largest absolute Gasteiger partial charge is 0.361 e. The van der Waals surface area contributed by atoms with Gasteiger partial charge in [-0.2, -0.15) is 0 Å². The van der Waals surface area contributed by atoms with Gasteiger partial charge >= 0.3 is 6.03 Å². The molecule has 106 valence electrons. The van der Waals surface area contributed by atoms with Gasteiger partial charge in [0.1, 0.15) is 11.5 Å². The topological polar surface area (TPSA) is 58.4 Å². The van der Waals surface area contributed by atoms with Gasteiger partial charge in [-0.1, -0.05) is 28.9 Å². The maximum atomic E-state index is 11.9. The van der Waals surface area contributed by atoms with Gasteiger partial charge in [-0.25, -0.2) is 4.79 Å². The highest BCUT2D eigenvalue weighted by molar-refractivity contribution is 6.30. The predicted molar refractivity (Wildman–Crippen MR) is 76.4 cm³/mol. The fraction of sp³-hybridized carbons (Fsp3) is 0.286. The Hall–Kier alpha value is -2.01. The number of rotatable bonds is 4. The molecule has 0 fully saturated rings. The van der Waals surface area contributed by atoms with Gasteiger partial charge in [0.05, 0.1) is 6.54 Å². The molecule has 0 bridgehead atoms. The first-order valence-electron chi connectivity index (χ1n) is 6.20. The Morgan fingerprint density at radius 2 is 2.25 bits per heavy atom. The van der Waals surface area contributed by atoms with Crippen LogP contribution in [0.4, 0.5) is 4.79 Å². The molecule has 2 aromatic rings. The molecule has 5 nitrogen and oxygen atoms in total. The lowest BCUT2D eigenvalue weighted by Gasteiger charge is -2.17. The molecule has 0 aliphatic heterocycles. The third-order valence-electron chi connectivity index (χ3n) is 2.75. The molecular weight excluding hydrogens is 278 g/mol. The van der Waals surface area contributed by atoms with Crippen LogP contribution in [-0.4, -0.2) is 23.1 Å². The predicted octanol–water partition coefficient (Wildman–Crippen LogP) is 2.98. The number of carbonyl (C=O) groups excluding carboxylic acids is 1. The molecule has 0 radical (unpaired) electrons. The Balaban J connectivity index is 1.85. The maximum Gasteiger partial charge on any atom is 0.317 e. The third-order valence-corrected chi connectivity index (χ3v) is 2.99. The summed E-state index contributed by atoms with van der Waals surface area (Å²) in [7, 11) is 1.73. The molecule has 0 saturated carbocycles. The van der Waals surface area contributed by atoms with Crippen LogP contribution in [0.2, 0.25) is 5.02 Å². The molecule has 1 aromatic heterocycles. The van der Waals surface area contributed by atoms with Crippen molar-refractivity contribution in [2.45, 2.75) is 20.0 Å². The van der Waals surface area contributed by atoms with Gasteiger partial charge in [-0.05, 0) is 24.6 Å². The van der Waals surface area contributed by atoms with Gasteiger partial charge in [0, 0.05) is 24.7 Å². The zero-order valence-corrected chi connectivity index (χ0v) is 12.1. The summed E-state index contributed by atoms with van der Waals surface area (Å²) in [5.74, 6) is 0.724. The average molecular weight is 294 g/mol. The molecule has 0 saturated heterocycles. The second-order valence-electron chi connectivity index (χ2n) is 4.57. The van der Waals surface area contributed by atoms with Crippen molar-refractivity contribution in [1.29, 1.82) is 0 Å². The molecule has 0 spiro atoms. The molecule has 0 aliphatic rings. The lowest BCUT2D eigenvalue weighted by atomic mass is 10.2. The highest BCUT2D eigenvalue weighted by Gasteiger charge is 2.10. The zero-order chi connectivity index (χ0) is 14.5. The smallest absolute Gasteiger partial charge is 0.317 e. The van der Waals surface area contributed by atoms with Crippen molar-refractivity contribution < 1.29 is 9.32 Å². The first-order chi connectivity index (χ1) is 9.54. The van der Waals surface area contributed by atoms with Crippen molar-refractivity contribution in [3.05, 3.63) is 52.4 Å². The van der Waals surface area contributed by atoms with Gasteiger partial charge in [0.2, 0.25) is 0 Å². The van der Waals surface area contributed by atoms with Crippen LogP contribution in [0.15, 0.2) is 34.9 Å². The van der Waals surface area contributed by atoms with E-state index in [4.69, 9.17) is 16.1 Å². The number of aromatic nitrogens is 1. The number of carbonyl (C=O) groups is 1. The highest BCUT2D eigenvalue weighted by Crippen LogP contribution is 2.12. The first-order valence-corrected chi connectivity index (χ1v) is 6.58. The fourth-order valence-corrected chi connectivity index (χ4v) is 2.00. The Labute approximate surface area is 122 Å². The van der Waals surface area contributed by atoms with E-state index in [9.17, 15) is 4.79 Å². The second-order valence-corrected chi connectivity index (χ2v) is 5.01. The van der Waals surface area contributed by atoms with Gasteiger partial charge in [-0.3, -0.25) is 0 Å². The summed E-state index contributed by atoms with van der Waals surface area (Å²) in [6, 6.07) is 9.05. The lowest BCUT2D eigenvalue weighted by Crippen LogP contribution is -2.36. The molecule has 6 heteroatoms. The normalized spacial score (nSPS) is 10.3. The number of nitrogens with one attached hydrogen (secondary N) is 1. The minimum atomic E-state index is -0.175. The van der Waals surface area contributed by atoms with Crippen molar-refractivity contribution in [3.63, 3.8) is 0 Å². The molecule has 1 aromatic carbocycles. The fourth-order valence-electron chi connectivity index (χ4n) is 1.78. The SMILES string of the molecule is Cc1cc(CNC(=O)N(C)Cc2cccc(Cl)c2)no1. The molecular formula is C14H16ClN3O2. The van der Waals surface area contributed by atoms with Crippen LogP contribution in [0.25, 0.3) is 0 Å². The van der Waals surface area contributed by atoms with Crippen molar-refractivity contribution in [2.24, 2.45) is 0 Å². The summed E-state index contributed by atoms with van der Waals surface area (Å²) >= 11 is 5.91. The molecule has 0 atom stereocenters. The monoisotopic (exact) mass is 293 g/mol. The van der Waals surface area contributed by atoms with Crippen LogP contribution in [0.1, 0.15) is 17.0 Å². The summed E-state index contributed by atoms with van der Waals surface area (Å²) < 4.78 is 4.94. The molecule has 2 rings (SSSR count). The van der Waals surface area contributed by atoms with Crippen LogP contribution < -0.4 is 5.32 Å². The van der Waals surface area contributed by atoms with Crippen molar-refractivity contribution in [1.82, 2.24) is 15.4 Å². The number of nitrogens with zero attached hydrogens (tertiary/aromatic N) is 2. The van der Waals surface area contributed by atoms with Crippen LogP contribution in [0, 0.1) is 6.92 Å². The van der Waals surface area contributed by atoms with E-state index in [1.54, 1.807) is 24.1 Å². The van der Waals surface area contributed by atoms with Crippen LogP contribution in [0.5, 0.6) is 0 Å². The van der Waals surface area contributed by atoms with E-state index >= 15 is 0 Å². The van der Waals surface area contributed by atoms with E-state index in [1.807, 2.05) is 25.1 Å². The van der Waals surface area contributed by atoms with Crippen LogP contribution >= 0.6 is 11.6 Å². The minimum absolute atomic E-state index is 0.175. The van der Waals surface area contributed by atoms with E-state index < -0.39 is 0 Å². The number of hydrogen-bond donors (Lipinski definition) is 1. The lowest BCUT2D eigenvalue weighted by molar-refractivity contribution is 0.206. The van der Waals surface area contributed by atoms with E-state index in [2.05, 4.69) is 10.5 Å². The summed E-state index contributed by atoms with van der Waals surface area (Å²) in [6.45, 7) is 2.64. The highest BCUT2D eigenvalue weighted by atomic mass is 35.5. The molecule has 20 heavy (non-hydrogen) atoms. The maximum absolute atomic E-state index is 11.9. The quantitative estimate of drug-likeness (QED) is 0.943. The number of urea groups is 1.